The van der Waals surface area contributed by atoms with E-state index in [0.717, 1.165) is 56.1 Å². The molecule has 0 bridgehead atoms. The molecule has 0 saturated heterocycles. The lowest BCUT2D eigenvalue weighted by atomic mass is 9.78. The fourth-order valence-electron chi connectivity index (χ4n) is 10.2. The molecule has 0 saturated carbocycles. The molecular formula is C64H58N4O. The van der Waals surface area contributed by atoms with Crippen molar-refractivity contribution in [2.75, 3.05) is 16.5 Å². The number of hydrogen-bond acceptors (Lipinski definition) is 4. The highest BCUT2D eigenvalue weighted by molar-refractivity contribution is 6.10. The van der Waals surface area contributed by atoms with E-state index in [-0.39, 0.29) is 16.2 Å². The molecule has 0 spiro atoms. The van der Waals surface area contributed by atoms with Gasteiger partial charge in [-0.3, -0.25) is 4.57 Å². The molecule has 5 heteroatoms. The molecule has 11 rings (SSSR count). The summed E-state index contributed by atoms with van der Waals surface area (Å²) >= 11 is 0. The van der Waals surface area contributed by atoms with Gasteiger partial charge in [0.15, 0.2) is 0 Å². The molecule has 0 atom stereocenters. The zero-order valence-corrected chi connectivity index (χ0v) is 40.6. The van der Waals surface area contributed by atoms with Crippen LogP contribution in [0.5, 0.6) is 11.5 Å². The van der Waals surface area contributed by atoms with Crippen molar-refractivity contribution in [3.63, 3.8) is 0 Å². The van der Waals surface area contributed by atoms with Crippen LogP contribution in [-0.4, -0.2) is 16.2 Å². The summed E-state index contributed by atoms with van der Waals surface area (Å²) in [4.78, 5) is 9.94. The first kappa shape index (κ1) is 43.7. The Kier molecular flexibility index (Phi) is 10.8. The van der Waals surface area contributed by atoms with Gasteiger partial charge in [0.1, 0.15) is 24.0 Å². The molecule has 0 fully saturated rings. The summed E-state index contributed by atoms with van der Waals surface area (Å²) in [7, 11) is 0. The number of anilines is 4. The number of fused-ring (bicyclic) bond motifs is 4. The van der Waals surface area contributed by atoms with E-state index in [1.807, 2.05) is 6.20 Å². The maximum absolute atomic E-state index is 7.15. The molecule has 3 heterocycles. The van der Waals surface area contributed by atoms with Crippen molar-refractivity contribution in [3.05, 3.63) is 240 Å². The lowest BCUT2D eigenvalue weighted by Gasteiger charge is -2.29. The molecule has 0 unspecified atom stereocenters. The summed E-state index contributed by atoms with van der Waals surface area (Å²) < 4.78 is 9.46. The van der Waals surface area contributed by atoms with E-state index in [4.69, 9.17) is 9.72 Å². The average Bonchev–Trinajstić information content (AvgIpc) is 3.93. The van der Waals surface area contributed by atoms with Crippen LogP contribution in [0.3, 0.4) is 0 Å². The van der Waals surface area contributed by atoms with Crippen molar-refractivity contribution in [1.29, 1.82) is 0 Å². The number of rotatable bonds is 10. The maximum atomic E-state index is 7.15. The van der Waals surface area contributed by atoms with Crippen LogP contribution in [-0.2, 0) is 16.2 Å². The third kappa shape index (κ3) is 8.02. The normalized spacial score (nSPS) is 13.0. The van der Waals surface area contributed by atoms with Crippen LogP contribution in [0.15, 0.2) is 212 Å². The van der Waals surface area contributed by atoms with E-state index < -0.39 is 0 Å². The van der Waals surface area contributed by atoms with Crippen molar-refractivity contribution < 1.29 is 4.74 Å². The molecule has 0 N–H and O–H groups in total. The van der Waals surface area contributed by atoms with Crippen molar-refractivity contribution in [1.82, 2.24) is 9.55 Å². The molecule has 5 nitrogen and oxygen atoms in total. The Labute approximate surface area is 406 Å². The summed E-state index contributed by atoms with van der Waals surface area (Å²) in [6.45, 7) is 16.7. The Balaban J connectivity index is 1.05. The van der Waals surface area contributed by atoms with Gasteiger partial charge in [0, 0.05) is 51.3 Å². The van der Waals surface area contributed by atoms with Gasteiger partial charge in [-0.2, -0.15) is 0 Å². The summed E-state index contributed by atoms with van der Waals surface area (Å²) in [6.07, 6.45) is 1.95. The molecular weight excluding hydrogens is 841 g/mol. The van der Waals surface area contributed by atoms with Crippen LogP contribution in [0.1, 0.15) is 76.3 Å². The summed E-state index contributed by atoms with van der Waals surface area (Å²) in [5.74, 6) is 2.38. The first-order chi connectivity index (χ1) is 33.3. The van der Waals surface area contributed by atoms with Crippen LogP contribution in [0.25, 0.3) is 38.8 Å². The molecule has 8 aromatic carbocycles. The number of pyridine rings is 1. The second-order valence-electron chi connectivity index (χ2n) is 20.6. The van der Waals surface area contributed by atoms with Gasteiger partial charge in [0.2, 0.25) is 0 Å². The highest BCUT2D eigenvalue weighted by Crippen LogP contribution is 2.48. The Hall–Kier alpha value is -7.89. The zero-order chi connectivity index (χ0) is 47.5. The number of nitrogens with zero attached hydrogens (tertiary/aromatic N) is 4. The van der Waals surface area contributed by atoms with Crippen LogP contribution < -0.4 is 14.5 Å². The van der Waals surface area contributed by atoms with Crippen molar-refractivity contribution in [2.24, 2.45) is 0 Å². The summed E-state index contributed by atoms with van der Waals surface area (Å²) in [5, 5.41) is 2.29. The van der Waals surface area contributed by atoms with Gasteiger partial charge in [-0.1, -0.05) is 170 Å². The third-order valence-corrected chi connectivity index (χ3v) is 14.5. The van der Waals surface area contributed by atoms with E-state index in [0.29, 0.717) is 6.67 Å². The average molecular weight is 899 g/mol. The standard InChI is InChI=1S/C64H58N4O/c1-62(2,3)48-26-19-27-51(37-48)66-43-67(59-29-18-17-28-58(59)66)52-38-50(64(6,7)47-24-15-10-16-25-47)39-54(41-52)69-53-31-32-55-56-36-45(44-20-11-8-12-21-44)30-33-57(56)68(60(55)42-53)61-40-49(34-35-65-61)63(4,5)46-22-13-9-14-23-46/h8-42H,43H2,1-7H3. The largest absolute Gasteiger partial charge is 0.457 e. The SMILES string of the molecule is CC(C)(C)c1cccc(N2CN(c3cc(Oc4ccc5c6cc(-c7ccccc7)ccc6n(-c6cc(C(C)(C)c7ccccc7)ccn6)c5c4)cc(C(C)(C)c4ccccc4)c3)c3ccccc32)c1. The van der Waals surface area contributed by atoms with Gasteiger partial charge in [-0.15, -0.1) is 0 Å². The Morgan fingerprint density at radius 1 is 0.406 bits per heavy atom. The third-order valence-electron chi connectivity index (χ3n) is 14.5. The Morgan fingerprint density at radius 2 is 1.01 bits per heavy atom. The van der Waals surface area contributed by atoms with Crippen LogP contribution >= 0.6 is 0 Å². The number of ether oxygens (including phenoxy) is 1. The second-order valence-corrected chi connectivity index (χ2v) is 20.6. The van der Waals surface area contributed by atoms with E-state index in [1.54, 1.807) is 0 Å². The molecule has 0 aliphatic carbocycles. The molecule has 1 aliphatic rings. The smallest absolute Gasteiger partial charge is 0.137 e. The van der Waals surface area contributed by atoms with E-state index >= 15 is 0 Å². The lowest BCUT2D eigenvalue weighted by Crippen LogP contribution is -2.25. The fourth-order valence-corrected chi connectivity index (χ4v) is 10.2. The number of aromatic nitrogens is 2. The van der Waals surface area contributed by atoms with Gasteiger partial charge in [-0.25, -0.2) is 4.98 Å². The fraction of sp³-hybridized carbons (Fsp3) is 0.172. The Bertz CT molecular complexity index is 3490. The lowest BCUT2D eigenvalue weighted by molar-refractivity contribution is 0.480. The number of benzene rings is 8. The van der Waals surface area contributed by atoms with Crippen molar-refractivity contribution >= 4 is 44.6 Å². The first-order valence-corrected chi connectivity index (χ1v) is 24.1. The van der Waals surface area contributed by atoms with Gasteiger partial charge < -0.3 is 14.5 Å². The highest BCUT2D eigenvalue weighted by Gasteiger charge is 2.32. The molecule has 340 valence electrons. The molecule has 0 radical (unpaired) electrons. The van der Waals surface area contributed by atoms with E-state index in [9.17, 15) is 0 Å². The van der Waals surface area contributed by atoms with Crippen molar-refractivity contribution in [3.8, 4) is 28.4 Å². The monoisotopic (exact) mass is 898 g/mol. The predicted molar refractivity (Wildman–Crippen MR) is 288 cm³/mol. The number of hydrogen-bond donors (Lipinski definition) is 0. The molecule has 0 amide bonds. The quantitative estimate of drug-likeness (QED) is 0.137. The molecule has 2 aromatic heterocycles. The number of para-hydroxylation sites is 2. The topological polar surface area (TPSA) is 33.5 Å². The highest BCUT2D eigenvalue weighted by atomic mass is 16.5. The van der Waals surface area contributed by atoms with E-state index in [1.165, 1.54) is 44.8 Å². The zero-order valence-electron chi connectivity index (χ0n) is 40.6. The van der Waals surface area contributed by atoms with Crippen LogP contribution in [0, 0.1) is 0 Å². The molecule has 69 heavy (non-hydrogen) atoms. The predicted octanol–water partition coefficient (Wildman–Crippen LogP) is 16.8. The molecule has 10 aromatic rings. The Morgan fingerprint density at radius 3 is 1.70 bits per heavy atom. The maximum Gasteiger partial charge on any atom is 0.137 e. The van der Waals surface area contributed by atoms with Crippen LogP contribution in [0.4, 0.5) is 22.7 Å². The minimum Gasteiger partial charge on any atom is -0.457 e. The minimum absolute atomic E-state index is 0.0286. The van der Waals surface area contributed by atoms with Gasteiger partial charge in [0.05, 0.1) is 22.4 Å². The second kappa shape index (κ2) is 17.0. The van der Waals surface area contributed by atoms with Crippen molar-refractivity contribution in [2.45, 2.75) is 64.7 Å². The van der Waals surface area contributed by atoms with Gasteiger partial charge >= 0.3 is 0 Å². The first-order valence-electron chi connectivity index (χ1n) is 24.1. The van der Waals surface area contributed by atoms with Gasteiger partial charge in [-0.05, 0) is 117 Å². The van der Waals surface area contributed by atoms with Gasteiger partial charge in [0.25, 0.3) is 0 Å². The van der Waals surface area contributed by atoms with E-state index in [2.05, 4.69) is 269 Å². The summed E-state index contributed by atoms with van der Waals surface area (Å²) in [5.41, 5.74) is 14.7. The van der Waals surface area contributed by atoms with Crippen LogP contribution in [0.2, 0.25) is 0 Å². The summed E-state index contributed by atoms with van der Waals surface area (Å²) in [6, 6.07) is 74.4. The minimum atomic E-state index is -0.327. The molecule has 1 aliphatic heterocycles.